The average molecular weight is 529 g/mol. The van der Waals surface area contributed by atoms with Gasteiger partial charge in [0.25, 0.3) is 0 Å². The lowest BCUT2D eigenvalue weighted by atomic mass is 9.95. The van der Waals surface area contributed by atoms with E-state index in [2.05, 4.69) is 20.4 Å². The highest BCUT2D eigenvalue weighted by Gasteiger charge is 2.26. The molecule has 1 aliphatic carbocycles. The van der Waals surface area contributed by atoms with Crippen LogP contribution in [0, 0.1) is 0 Å². The molecule has 0 saturated heterocycles. The van der Waals surface area contributed by atoms with Crippen LogP contribution in [0.3, 0.4) is 0 Å². The predicted molar refractivity (Wildman–Crippen MR) is 121 cm³/mol. The Balaban J connectivity index is 0.00000392. The fourth-order valence-electron chi connectivity index (χ4n) is 3.27. The predicted octanol–water partition coefficient (Wildman–Crippen LogP) is 4.04. The largest absolute Gasteiger partial charge is 0.434 e. The summed E-state index contributed by atoms with van der Waals surface area (Å²) in [7, 11) is -0.783. The van der Waals surface area contributed by atoms with E-state index in [1.165, 1.54) is 6.07 Å². The molecule has 3 unspecified atom stereocenters. The van der Waals surface area contributed by atoms with Crippen molar-refractivity contribution in [2.24, 2.45) is 4.99 Å². The van der Waals surface area contributed by atoms with Crippen molar-refractivity contribution in [1.82, 2.24) is 10.6 Å². The van der Waals surface area contributed by atoms with Crippen molar-refractivity contribution >= 4 is 40.7 Å². The van der Waals surface area contributed by atoms with E-state index < -0.39 is 17.4 Å². The molecule has 1 saturated carbocycles. The van der Waals surface area contributed by atoms with Crippen LogP contribution in [0.25, 0.3) is 0 Å². The van der Waals surface area contributed by atoms with Gasteiger partial charge in [-0.1, -0.05) is 31.5 Å². The topological polar surface area (TPSA) is 62.7 Å². The lowest BCUT2D eigenvalue weighted by Gasteiger charge is -2.30. The number of hydrogen-bond donors (Lipinski definition) is 2. The highest BCUT2D eigenvalue weighted by atomic mass is 127. The summed E-state index contributed by atoms with van der Waals surface area (Å²) in [4.78, 5) is 4.53. The monoisotopic (exact) mass is 529 g/mol. The fourth-order valence-corrected chi connectivity index (χ4v) is 4.62. The number of guanidine groups is 1. The average Bonchev–Trinajstić information content (AvgIpc) is 2.66. The second-order valence-corrected chi connectivity index (χ2v) is 8.49. The summed E-state index contributed by atoms with van der Waals surface area (Å²) in [6.45, 7) is 1.99. The highest BCUT2D eigenvalue weighted by molar-refractivity contribution is 14.0. The van der Waals surface area contributed by atoms with Crippen molar-refractivity contribution in [3.63, 3.8) is 0 Å². The Kier molecular flexibility index (Phi) is 11.9. The molecule has 0 bridgehead atoms. The van der Waals surface area contributed by atoms with Crippen LogP contribution in [0.2, 0.25) is 0 Å². The molecule has 1 aromatic rings. The number of hydrogen-bond acceptors (Lipinski definition) is 3. The van der Waals surface area contributed by atoms with E-state index in [0.717, 1.165) is 25.7 Å². The van der Waals surface area contributed by atoms with E-state index in [4.69, 9.17) is 0 Å². The van der Waals surface area contributed by atoms with Gasteiger partial charge in [-0.2, -0.15) is 8.78 Å². The Bertz CT molecular complexity index is 649. The molecule has 5 nitrogen and oxygen atoms in total. The molecule has 0 aromatic heterocycles. The molecule has 160 valence electrons. The molecule has 28 heavy (non-hydrogen) atoms. The molecule has 0 radical (unpaired) electrons. The first-order chi connectivity index (χ1) is 13.0. The van der Waals surface area contributed by atoms with Crippen molar-refractivity contribution in [3.05, 3.63) is 29.8 Å². The number of para-hydroxylation sites is 1. The smallest absolute Gasteiger partial charge is 0.387 e. The van der Waals surface area contributed by atoms with E-state index in [1.807, 2.05) is 13.8 Å². The van der Waals surface area contributed by atoms with E-state index in [1.54, 1.807) is 18.2 Å². The summed E-state index contributed by atoms with van der Waals surface area (Å²) in [5.74, 6) is 1.47. The molecular formula is C19H30F2IN3O2S. The first kappa shape index (κ1) is 25.1. The van der Waals surface area contributed by atoms with Crippen LogP contribution in [0.5, 0.6) is 5.75 Å². The molecule has 1 fully saturated rings. The molecule has 2 N–H and O–H groups in total. The van der Waals surface area contributed by atoms with Crippen molar-refractivity contribution in [3.8, 4) is 5.75 Å². The fraction of sp³-hybridized carbons (Fsp3) is 0.632. The molecule has 2 rings (SSSR count). The van der Waals surface area contributed by atoms with Crippen LogP contribution in [0.4, 0.5) is 8.78 Å². The Labute approximate surface area is 185 Å². The summed E-state index contributed by atoms with van der Waals surface area (Å²) in [6.07, 6.45) is 3.91. The van der Waals surface area contributed by atoms with Gasteiger partial charge < -0.3 is 15.4 Å². The normalized spacial score (nSPS) is 21.0. The Hall–Kier alpha value is -0.970. The number of halogens is 3. The Morgan fingerprint density at radius 1 is 1.32 bits per heavy atom. The maximum atomic E-state index is 12.6. The number of aliphatic imine (C=N–C) groups is 1. The lowest BCUT2D eigenvalue weighted by molar-refractivity contribution is -0.0504. The first-order valence-electron chi connectivity index (χ1n) is 9.48. The van der Waals surface area contributed by atoms with Gasteiger partial charge in [0.1, 0.15) is 5.75 Å². The molecule has 0 amide bonds. The highest BCUT2D eigenvalue weighted by Crippen LogP contribution is 2.23. The number of benzene rings is 1. The molecule has 0 spiro atoms. The minimum absolute atomic E-state index is 0. The van der Waals surface area contributed by atoms with E-state index in [9.17, 15) is 13.0 Å². The summed E-state index contributed by atoms with van der Waals surface area (Å²) >= 11 is 0. The zero-order valence-corrected chi connectivity index (χ0v) is 19.5. The van der Waals surface area contributed by atoms with Crippen LogP contribution in [-0.4, -0.2) is 40.4 Å². The quantitative estimate of drug-likeness (QED) is 0.303. The number of nitrogens with one attached hydrogen (secondary N) is 2. The zero-order chi connectivity index (χ0) is 19.6. The maximum Gasteiger partial charge on any atom is 0.387 e. The number of alkyl halides is 2. The van der Waals surface area contributed by atoms with Gasteiger partial charge in [-0.3, -0.25) is 4.21 Å². The summed E-state index contributed by atoms with van der Waals surface area (Å²) in [5.41, 5.74) is 0.601. The second kappa shape index (κ2) is 13.3. The third kappa shape index (κ3) is 8.18. The van der Waals surface area contributed by atoms with Gasteiger partial charge in [-0.05, 0) is 32.3 Å². The van der Waals surface area contributed by atoms with Gasteiger partial charge in [0.2, 0.25) is 0 Å². The summed E-state index contributed by atoms with van der Waals surface area (Å²) in [6, 6.07) is 6.89. The second-order valence-electron chi connectivity index (χ2n) is 6.48. The van der Waals surface area contributed by atoms with Crippen LogP contribution < -0.4 is 15.4 Å². The molecule has 1 aliphatic rings. The molecular weight excluding hydrogens is 499 g/mol. The number of rotatable bonds is 8. The van der Waals surface area contributed by atoms with Gasteiger partial charge in [-0.25, -0.2) is 4.99 Å². The molecule has 3 atom stereocenters. The number of nitrogens with zero attached hydrogens (tertiary/aromatic N) is 1. The van der Waals surface area contributed by atoms with Crippen LogP contribution in [0.1, 0.15) is 45.1 Å². The van der Waals surface area contributed by atoms with E-state index in [-0.39, 0.29) is 47.6 Å². The molecule has 9 heteroatoms. The minimum atomic E-state index is -2.86. The molecule has 0 heterocycles. The van der Waals surface area contributed by atoms with Gasteiger partial charge >= 0.3 is 6.61 Å². The van der Waals surface area contributed by atoms with Crippen molar-refractivity contribution < 1.29 is 17.7 Å². The molecule has 1 aromatic carbocycles. The SMILES string of the molecule is CCNC(=NCc1ccccc1OC(F)F)NC1CCCC(S(=O)CC)C1.I. The van der Waals surface area contributed by atoms with Crippen molar-refractivity contribution in [2.75, 3.05) is 12.3 Å². The van der Waals surface area contributed by atoms with Crippen molar-refractivity contribution in [2.45, 2.75) is 64.0 Å². The lowest BCUT2D eigenvalue weighted by Crippen LogP contribution is -2.46. The van der Waals surface area contributed by atoms with Gasteiger partial charge in [0, 0.05) is 40.0 Å². The van der Waals surface area contributed by atoms with Crippen LogP contribution in [0.15, 0.2) is 29.3 Å². The summed E-state index contributed by atoms with van der Waals surface area (Å²) < 4.78 is 41.8. The summed E-state index contributed by atoms with van der Waals surface area (Å²) in [5, 5.41) is 6.83. The van der Waals surface area contributed by atoms with Crippen LogP contribution in [-0.2, 0) is 17.3 Å². The van der Waals surface area contributed by atoms with Crippen LogP contribution >= 0.6 is 24.0 Å². The third-order valence-corrected chi connectivity index (χ3v) is 6.30. The Morgan fingerprint density at radius 2 is 2.07 bits per heavy atom. The van der Waals surface area contributed by atoms with E-state index in [0.29, 0.717) is 23.8 Å². The zero-order valence-electron chi connectivity index (χ0n) is 16.3. The van der Waals surface area contributed by atoms with Crippen molar-refractivity contribution in [1.29, 1.82) is 0 Å². The third-order valence-electron chi connectivity index (χ3n) is 4.56. The number of ether oxygens (including phenoxy) is 1. The Morgan fingerprint density at radius 3 is 2.75 bits per heavy atom. The maximum absolute atomic E-state index is 12.6. The first-order valence-corrected chi connectivity index (χ1v) is 10.9. The van der Waals surface area contributed by atoms with Gasteiger partial charge in [0.05, 0.1) is 6.54 Å². The molecule has 0 aliphatic heterocycles. The minimum Gasteiger partial charge on any atom is -0.434 e. The van der Waals surface area contributed by atoms with Gasteiger partial charge in [-0.15, -0.1) is 24.0 Å². The standard InChI is InChI=1S/C19H29F2N3O2S.HI/c1-3-22-19(24-15-9-7-10-16(12-15)27(25)4-2)23-13-14-8-5-6-11-17(14)26-18(20)21;/h5-6,8,11,15-16,18H,3-4,7,9-10,12-13H2,1-2H3,(H2,22,23,24);1H. The van der Waals surface area contributed by atoms with E-state index >= 15 is 0 Å². The van der Waals surface area contributed by atoms with Gasteiger partial charge in [0.15, 0.2) is 5.96 Å².